The Kier molecular flexibility index (Phi) is 6.37. The van der Waals surface area contributed by atoms with Gasteiger partial charge >= 0.3 is 11.9 Å². The Balaban J connectivity index is 1.53. The second-order valence-corrected chi connectivity index (χ2v) is 12.0. The summed E-state index contributed by atoms with van der Waals surface area (Å²) in [6.45, 7) is 0. The average Bonchev–Trinajstić information content (AvgIpc) is 3.69. The first kappa shape index (κ1) is 26.4. The third-order valence-electron chi connectivity index (χ3n) is 9.55. The maximum Gasteiger partial charge on any atom is 0.336 e. The van der Waals surface area contributed by atoms with Gasteiger partial charge in [0.1, 0.15) is 5.68 Å². The minimum Gasteiger partial charge on any atom is -0.478 e. The first-order valence-electron chi connectivity index (χ1n) is 14.8. The second-order valence-electron chi connectivity index (χ2n) is 12.0. The number of fused-ring (bicyclic) bond motifs is 2. The molecule has 0 atom stereocenters. The van der Waals surface area contributed by atoms with Crippen LogP contribution in [0.1, 0.15) is 92.8 Å². The molecule has 1 amide bonds. The number of nitrogens with one attached hydrogen (secondary N) is 1. The van der Waals surface area contributed by atoms with E-state index in [9.17, 15) is 29.4 Å². The first-order valence-corrected chi connectivity index (χ1v) is 14.8. The number of carbonyl (C=O) groups is 4. The molecular weight excluding hydrogens is 529 g/mol. The van der Waals surface area contributed by atoms with Gasteiger partial charge < -0.3 is 20.3 Å². The van der Waals surface area contributed by atoms with Crippen LogP contribution < -0.4 is 5.32 Å². The van der Waals surface area contributed by atoms with Gasteiger partial charge in [-0.2, -0.15) is 0 Å². The van der Waals surface area contributed by atoms with E-state index in [2.05, 4.69) is 5.32 Å². The van der Waals surface area contributed by atoms with Gasteiger partial charge in [0, 0.05) is 27.9 Å². The van der Waals surface area contributed by atoms with Gasteiger partial charge in [-0.15, -0.1) is 0 Å². The molecule has 0 heterocycles. The maximum atomic E-state index is 13.6. The topological polar surface area (TPSA) is 121 Å². The molecule has 0 unspecified atom stereocenters. The van der Waals surface area contributed by atoms with Crippen LogP contribution in [0.5, 0.6) is 0 Å². The number of carboxylic acid groups (broad SMARTS) is 2. The van der Waals surface area contributed by atoms with E-state index in [0.29, 0.717) is 45.8 Å². The van der Waals surface area contributed by atoms with Gasteiger partial charge in [-0.05, 0) is 63.4 Å². The van der Waals surface area contributed by atoms with Crippen molar-refractivity contribution in [3.63, 3.8) is 0 Å². The van der Waals surface area contributed by atoms with E-state index in [1.165, 1.54) is 12.1 Å². The normalized spacial score (nSPS) is 16.2. The molecule has 0 radical (unpaired) electrons. The lowest BCUT2D eigenvalue weighted by Gasteiger charge is -2.20. The standard InChI is InChI=1S/C34H30BNO6/c37-31(35-17-5-1-2-6-17)23-13-9-19-22-12-16-26(34(41)42)30-24(32(38)36-18-7-3-4-8-18)14-10-20(28(22)30)21-11-15-25(33(39)40)29(23)27(19)21/h9-18,35H,1-8H2,(H,36,38)(H,39,40)(H,41,42). The Labute approximate surface area is 242 Å². The summed E-state index contributed by atoms with van der Waals surface area (Å²) in [5, 5.41) is 28.5. The van der Waals surface area contributed by atoms with Crippen molar-refractivity contribution >= 4 is 73.9 Å². The summed E-state index contributed by atoms with van der Waals surface area (Å²) < 4.78 is 0. The summed E-state index contributed by atoms with van der Waals surface area (Å²) in [6.07, 6.45) is 8.17. The highest BCUT2D eigenvalue weighted by atomic mass is 16.4. The summed E-state index contributed by atoms with van der Waals surface area (Å²) in [6, 6.07) is 13.7. The van der Waals surface area contributed by atoms with Crippen LogP contribution >= 0.6 is 0 Å². The fourth-order valence-corrected chi connectivity index (χ4v) is 7.59. The van der Waals surface area contributed by atoms with Crippen LogP contribution in [-0.2, 0) is 0 Å². The molecule has 0 aromatic heterocycles. The molecule has 0 saturated heterocycles. The van der Waals surface area contributed by atoms with Gasteiger partial charge in [0.15, 0.2) is 0 Å². The Bertz CT molecular complexity index is 1790. The van der Waals surface area contributed by atoms with Crippen molar-refractivity contribution in [1.29, 1.82) is 0 Å². The number of rotatable bonds is 7. The second kappa shape index (κ2) is 10.1. The number of carbonyl (C=O) groups excluding carboxylic acids is 2. The van der Waals surface area contributed by atoms with Crippen molar-refractivity contribution < 1.29 is 29.4 Å². The van der Waals surface area contributed by atoms with Gasteiger partial charge in [0.05, 0.1) is 11.1 Å². The molecule has 42 heavy (non-hydrogen) atoms. The van der Waals surface area contributed by atoms with Crippen molar-refractivity contribution in [2.75, 3.05) is 0 Å². The van der Waals surface area contributed by atoms with Gasteiger partial charge in [0.25, 0.3) is 5.91 Å². The largest absolute Gasteiger partial charge is 0.478 e. The van der Waals surface area contributed by atoms with Gasteiger partial charge in [-0.25, -0.2) is 9.59 Å². The molecular formula is C34H30BNO6. The van der Waals surface area contributed by atoms with Gasteiger partial charge in [-0.1, -0.05) is 74.7 Å². The minimum absolute atomic E-state index is 0.0392. The Morgan fingerprint density at radius 2 is 1.00 bits per heavy atom. The van der Waals surface area contributed by atoms with E-state index >= 15 is 0 Å². The van der Waals surface area contributed by atoms with Crippen LogP contribution in [0.3, 0.4) is 0 Å². The number of hydrogen-bond acceptors (Lipinski definition) is 4. The Hall–Kier alpha value is -4.46. The molecule has 7 rings (SSSR count). The lowest BCUT2D eigenvalue weighted by atomic mass is 9.58. The fraction of sp³-hybridized carbons (Fsp3) is 0.294. The number of carboxylic acids is 2. The molecule has 2 saturated carbocycles. The fourth-order valence-electron chi connectivity index (χ4n) is 7.59. The van der Waals surface area contributed by atoms with Crippen molar-refractivity contribution in [2.45, 2.75) is 63.2 Å². The summed E-state index contributed by atoms with van der Waals surface area (Å²) in [5.74, 6) is -2.21. The van der Waals surface area contributed by atoms with Crippen LogP contribution in [0.25, 0.3) is 43.1 Å². The zero-order chi connectivity index (χ0) is 29.1. The maximum absolute atomic E-state index is 13.6. The Morgan fingerprint density at radius 3 is 1.50 bits per heavy atom. The highest BCUT2D eigenvalue weighted by molar-refractivity contribution is 6.79. The number of benzene rings is 5. The predicted molar refractivity (Wildman–Crippen MR) is 165 cm³/mol. The monoisotopic (exact) mass is 559 g/mol. The summed E-state index contributed by atoms with van der Waals surface area (Å²) in [5.41, 5.74) is 0.779. The molecule has 0 spiro atoms. The molecule has 2 aliphatic carbocycles. The summed E-state index contributed by atoms with van der Waals surface area (Å²) >= 11 is 0. The summed E-state index contributed by atoms with van der Waals surface area (Å²) in [7, 11) is 0.394. The van der Waals surface area contributed by atoms with Crippen LogP contribution in [0.2, 0.25) is 5.82 Å². The first-order chi connectivity index (χ1) is 20.3. The lowest BCUT2D eigenvalue weighted by Crippen LogP contribution is -2.32. The minimum atomic E-state index is -1.13. The average molecular weight is 559 g/mol. The van der Waals surface area contributed by atoms with Crippen molar-refractivity contribution in [3.8, 4) is 0 Å². The van der Waals surface area contributed by atoms with E-state index in [4.69, 9.17) is 0 Å². The lowest BCUT2D eigenvalue weighted by molar-refractivity contribution is 0.0688. The molecule has 3 N–H and O–H groups in total. The van der Waals surface area contributed by atoms with Crippen LogP contribution in [0.4, 0.5) is 0 Å². The molecule has 5 aromatic rings. The van der Waals surface area contributed by atoms with E-state index < -0.39 is 11.9 Å². The van der Waals surface area contributed by atoms with Gasteiger partial charge in [-0.3, -0.25) is 4.79 Å². The SMILES string of the molecule is O=C(O)c1ccc2c3ccc(C(=O)NC4CCCC4)c4c(C(=O)O)ccc(c5ccc(C(=O)BC6CCCC6)c1c52)c43. The van der Waals surface area contributed by atoms with Crippen molar-refractivity contribution in [1.82, 2.24) is 5.32 Å². The van der Waals surface area contributed by atoms with Crippen LogP contribution in [-0.4, -0.2) is 47.1 Å². The number of amides is 1. The van der Waals surface area contributed by atoms with E-state index in [-0.39, 0.29) is 28.8 Å². The van der Waals surface area contributed by atoms with Crippen molar-refractivity contribution in [2.24, 2.45) is 0 Å². The zero-order valence-electron chi connectivity index (χ0n) is 23.2. The predicted octanol–water partition coefficient (Wildman–Crippen LogP) is 6.75. The van der Waals surface area contributed by atoms with Crippen LogP contribution in [0, 0.1) is 0 Å². The highest BCUT2D eigenvalue weighted by Gasteiger charge is 2.28. The molecule has 5 aromatic carbocycles. The van der Waals surface area contributed by atoms with E-state index in [1.54, 1.807) is 24.3 Å². The Morgan fingerprint density at radius 1 is 0.571 bits per heavy atom. The van der Waals surface area contributed by atoms with Gasteiger partial charge in [0.2, 0.25) is 7.28 Å². The molecule has 2 fully saturated rings. The quantitative estimate of drug-likeness (QED) is 0.115. The molecule has 8 heteroatoms. The molecule has 0 aliphatic heterocycles. The third-order valence-corrected chi connectivity index (χ3v) is 9.55. The summed E-state index contributed by atoms with van der Waals surface area (Å²) in [4.78, 5) is 52.1. The van der Waals surface area contributed by atoms with Crippen molar-refractivity contribution in [3.05, 3.63) is 70.8 Å². The molecule has 7 nitrogen and oxygen atoms in total. The van der Waals surface area contributed by atoms with Crippen LogP contribution in [0.15, 0.2) is 48.5 Å². The molecule has 2 aliphatic rings. The zero-order valence-corrected chi connectivity index (χ0v) is 23.2. The third kappa shape index (κ3) is 4.11. The number of hydrogen-bond donors (Lipinski definition) is 3. The smallest absolute Gasteiger partial charge is 0.336 e. The highest BCUT2D eigenvalue weighted by Crippen LogP contribution is 2.44. The number of aromatic carboxylic acids is 2. The van der Waals surface area contributed by atoms with E-state index in [0.717, 1.165) is 72.9 Å². The van der Waals surface area contributed by atoms with E-state index in [1.807, 2.05) is 12.1 Å². The molecule has 0 bridgehead atoms. The molecule has 210 valence electrons.